The summed E-state index contributed by atoms with van der Waals surface area (Å²) >= 11 is 3.44. The zero-order chi connectivity index (χ0) is 5.21. The van der Waals surface area contributed by atoms with Gasteiger partial charge in [-0.25, -0.2) is 0 Å². The molecule has 0 heterocycles. The van der Waals surface area contributed by atoms with E-state index in [1.165, 1.54) is 3.80 Å². The van der Waals surface area contributed by atoms with Gasteiger partial charge in [-0.1, -0.05) is 0 Å². The van der Waals surface area contributed by atoms with Crippen molar-refractivity contribution in [1.29, 1.82) is 0 Å². The molecular formula is H2CoNNiO3S. The van der Waals surface area contributed by atoms with Gasteiger partial charge in [-0.2, -0.15) is 0 Å². The smallest absolute Gasteiger partial charge is 0 e. The molecule has 0 saturated heterocycles. The summed E-state index contributed by atoms with van der Waals surface area (Å²) < 4.78 is 27.6. The van der Waals surface area contributed by atoms with Crippen molar-refractivity contribution in [2.75, 3.05) is 0 Å². The number of nitrogens with one attached hydrogen (secondary N) is 1. The van der Waals surface area contributed by atoms with Gasteiger partial charge in [0.15, 0.2) is 0 Å². The quantitative estimate of drug-likeness (QED) is 0.427. The van der Waals surface area contributed by atoms with Crippen molar-refractivity contribution in [3.63, 3.8) is 0 Å². The molecule has 7 heteroatoms. The third kappa shape index (κ3) is 10.9. The molecule has 0 unspecified atom stereocenters. The van der Waals surface area contributed by atoms with Gasteiger partial charge in [-0.15, -0.1) is 0 Å². The molecule has 0 saturated carbocycles. The Hall–Kier alpha value is 0.870. The minimum absolute atomic E-state index is 0. The molecule has 0 aliphatic heterocycles. The van der Waals surface area contributed by atoms with Crippen LogP contribution >= 0.6 is 0 Å². The third-order valence-electron chi connectivity index (χ3n) is 0.0816. The van der Waals surface area contributed by atoms with Crippen LogP contribution in [0.3, 0.4) is 0 Å². The molecule has 0 rings (SSSR count). The molecule has 0 aliphatic rings. The fraction of sp³-hybridized carbons (Fsp3) is 0. The van der Waals surface area contributed by atoms with Crippen molar-refractivity contribution in [2.24, 2.45) is 0 Å². The fourth-order valence-electron chi connectivity index (χ4n) is 0. The summed E-state index contributed by atoms with van der Waals surface area (Å²) in [4.78, 5) is 0. The van der Waals surface area contributed by atoms with Gasteiger partial charge in [0.2, 0.25) is 0 Å². The van der Waals surface area contributed by atoms with Gasteiger partial charge in [-0.3, -0.25) is 0 Å². The van der Waals surface area contributed by atoms with Crippen LogP contribution in [0.5, 0.6) is 0 Å². The Morgan fingerprint density at radius 1 is 1.57 bits per heavy atom. The summed E-state index contributed by atoms with van der Waals surface area (Å²) in [6.07, 6.45) is 0. The second-order valence-electron chi connectivity index (χ2n) is 0.540. The molecule has 50 valence electrons. The van der Waals surface area contributed by atoms with Crippen molar-refractivity contribution in [3.8, 4) is 0 Å². The normalized spacial score (nSPS) is 10.1. The molecule has 7 heavy (non-hydrogen) atoms. The van der Waals surface area contributed by atoms with E-state index in [-0.39, 0.29) is 16.8 Å². The number of rotatable bonds is 1. The molecule has 0 atom stereocenters. The predicted molar refractivity (Wildman–Crippen MR) is 14.7 cm³/mol. The molecule has 1 radical (unpaired) electrons. The maximum atomic E-state index is 9.35. The molecule has 2 N–H and O–H groups in total. The molecule has 0 aliphatic carbocycles. The summed E-state index contributed by atoms with van der Waals surface area (Å²) in [6, 6.07) is 0. The van der Waals surface area contributed by atoms with E-state index >= 15 is 0 Å². The van der Waals surface area contributed by atoms with Crippen LogP contribution in [-0.2, 0) is 42.8 Å². The van der Waals surface area contributed by atoms with Gasteiger partial charge >= 0.3 is 42.8 Å². The van der Waals surface area contributed by atoms with Crippen molar-refractivity contribution in [2.45, 2.75) is 0 Å². The van der Waals surface area contributed by atoms with Crippen LogP contribution in [0.15, 0.2) is 0 Å². The average molecular weight is 214 g/mol. The van der Waals surface area contributed by atoms with Crippen LogP contribution in [0.1, 0.15) is 0 Å². The second kappa shape index (κ2) is 3.82. The average Bonchev–Trinajstić information content (AvgIpc) is 1.35. The topological polar surface area (TPSA) is 66.4 Å². The van der Waals surface area contributed by atoms with E-state index in [1.807, 2.05) is 0 Å². The Morgan fingerprint density at radius 3 is 1.71 bits per heavy atom. The molecule has 4 nitrogen and oxygen atoms in total. The monoisotopic (exact) mass is 213 g/mol. The maximum Gasteiger partial charge on any atom is 0 e. The first-order valence-electron chi connectivity index (χ1n) is 0.878. The zero-order valence-corrected chi connectivity index (χ0v) is 5.67. The summed E-state index contributed by atoms with van der Waals surface area (Å²) in [7, 11) is -4.08. The van der Waals surface area contributed by atoms with Gasteiger partial charge in [0.1, 0.15) is 0 Å². The summed E-state index contributed by atoms with van der Waals surface area (Å²) in [5.74, 6) is 0. The van der Waals surface area contributed by atoms with Crippen molar-refractivity contribution < 1.29 is 45.4 Å². The number of hydrogen-bond donors (Lipinski definition) is 2. The summed E-state index contributed by atoms with van der Waals surface area (Å²) in [6.45, 7) is 0. The van der Waals surface area contributed by atoms with Crippen LogP contribution in [0.4, 0.5) is 0 Å². The first kappa shape index (κ1) is 10.8. The number of hydrogen-bond acceptors (Lipinski definition) is 2. The van der Waals surface area contributed by atoms with Gasteiger partial charge in [0, 0.05) is 16.8 Å². The predicted octanol–water partition coefficient (Wildman–Crippen LogP) is -1.16. The molecule has 0 fully saturated rings. The fourth-order valence-corrected chi connectivity index (χ4v) is 0. The first-order chi connectivity index (χ1) is 2.56. The molecule has 0 aromatic heterocycles. The molecule has 0 amide bonds. The Kier molecular flexibility index (Phi) is 5.89. The Balaban J connectivity index is 0. The summed E-state index contributed by atoms with van der Waals surface area (Å²) in [5, 5.41) is 0. The zero-order valence-electron chi connectivity index (χ0n) is 2.82. The molecule has 0 bridgehead atoms. The molecule has 0 aromatic rings. The van der Waals surface area contributed by atoms with E-state index in [9.17, 15) is 8.42 Å². The van der Waals surface area contributed by atoms with Gasteiger partial charge < -0.3 is 0 Å². The Labute approximate surface area is 59.7 Å². The minimum atomic E-state index is -4.08. The standard InChI is InChI=1S/Co.H2NO3S.Ni/c;1-5(2,3)4;/h;(H2-,1,2,3,4);/q;-1;+1. The van der Waals surface area contributed by atoms with Crippen LogP contribution in [0.25, 0.3) is 0 Å². The van der Waals surface area contributed by atoms with E-state index < -0.39 is 10.3 Å². The second-order valence-corrected chi connectivity index (χ2v) is 2.22. The summed E-state index contributed by atoms with van der Waals surface area (Å²) in [5.41, 5.74) is 0. The van der Waals surface area contributed by atoms with Crippen LogP contribution < -0.4 is 3.80 Å². The first-order valence-corrected chi connectivity index (χ1v) is 2.81. The van der Waals surface area contributed by atoms with Crippen LogP contribution in [0.2, 0.25) is 0 Å². The molecular weight excluding hydrogens is 212 g/mol. The van der Waals surface area contributed by atoms with Crippen molar-refractivity contribution >= 4 is 10.3 Å². The molecule has 0 aromatic carbocycles. The van der Waals surface area contributed by atoms with E-state index in [4.69, 9.17) is 4.55 Å². The van der Waals surface area contributed by atoms with E-state index in [2.05, 4.69) is 15.7 Å². The minimum Gasteiger partial charge on any atom is 0 e. The molecule has 0 spiro atoms. The van der Waals surface area contributed by atoms with E-state index in [0.717, 1.165) is 0 Å². The third-order valence-corrected chi connectivity index (χ3v) is 1.01. The van der Waals surface area contributed by atoms with Crippen molar-refractivity contribution in [3.05, 3.63) is 0 Å². The Morgan fingerprint density at radius 2 is 1.71 bits per heavy atom. The SMILES string of the molecule is O=S(=O)(O)[NH][Ni].[Co]. The Bertz CT molecular complexity index is 117. The van der Waals surface area contributed by atoms with Gasteiger partial charge in [0.25, 0.3) is 0 Å². The van der Waals surface area contributed by atoms with Crippen LogP contribution in [0, 0.1) is 0 Å². The largest absolute Gasteiger partial charge is 0 e. The van der Waals surface area contributed by atoms with Crippen molar-refractivity contribution in [1.82, 2.24) is 3.80 Å². The van der Waals surface area contributed by atoms with Gasteiger partial charge in [0.05, 0.1) is 0 Å². The van der Waals surface area contributed by atoms with Crippen LogP contribution in [-0.4, -0.2) is 13.0 Å². The maximum absolute atomic E-state index is 9.35. The van der Waals surface area contributed by atoms with Gasteiger partial charge in [-0.05, 0) is 0 Å². The van der Waals surface area contributed by atoms with E-state index in [1.54, 1.807) is 0 Å². The van der Waals surface area contributed by atoms with E-state index in [0.29, 0.717) is 0 Å².